The lowest BCUT2D eigenvalue weighted by atomic mass is 9.92. The molecule has 1 saturated heterocycles. The average Bonchev–Trinajstić information content (AvgIpc) is 2.48. The van der Waals surface area contributed by atoms with E-state index in [0.717, 1.165) is 28.5 Å². The quantitative estimate of drug-likeness (QED) is 0.866. The van der Waals surface area contributed by atoms with E-state index in [1.807, 2.05) is 25.1 Å². The summed E-state index contributed by atoms with van der Waals surface area (Å²) in [5, 5.41) is 11.4. The molecule has 2 unspecified atom stereocenters. The number of aryl methyl sites for hydroxylation is 1. The minimum atomic E-state index is -0.911. The van der Waals surface area contributed by atoms with Crippen molar-refractivity contribution >= 4 is 34.5 Å². The maximum atomic E-state index is 11.9. The van der Waals surface area contributed by atoms with Crippen LogP contribution >= 0.6 is 23.4 Å². The fraction of sp³-hybridized carbons (Fsp3) is 0.412. The zero-order chi connectivity index (χ0) is 16.7. The van der Waals surface area contributed by atoms with Gasteiger partial charge in [-0.2, -0.15) is 0 Å². The van der Waals surface area contributed by atoms with Gasteiger partial charge in [-0.05, 0) is 44.4 Å². The minimum absolute atomic E-state index is 0.249. The lowest BCUT2D eigenvalue weighted by molar-refractivity contribution is -0.133. The molecule has 1 aromatic rings. The third-order valence-corrected chi connectivity index (χ3v) is 5.82. The van der Waals surface area contributed by atoms with Gasteiger partial charge in [0, 0.05) is 16.8 Å². The van der Waals surface area contributed by atoms with Crippen molar-refractivity contribution in [2.45, 2.75) is 39.3 Å². The van der Waals surface area contributed by atoms with Crippen molar-refractivity contribution in [2.24, 2.45) is 4.99 Å². The number of thioether (sulfide) groups is 1. The summed E-state index contributed by atoms with van der Waals surface area (Å²) >= 11 is 7.84. The largest absolute Gasteiger partial charge is 0.478 e. The van der Waals surface area contributed by atoms with Gasteiger partial charge in [-0.3, -0.25) is 0 Å². The molecule has 2 atom stereocenters. The molecule has 0 aromatic heterocycles. The highest BCUT2D eigenvalue weighted by Crippen LogP contribution is 2.42. The first-order valence-electron chi connectivity index (χ1n) is 7.60. The number of carboxylic acids is 1. The number of nitrogens with zero attached hydrogens (tertiary/aromatic N) is 2. The molecule has 0 amide bonds. The van der Waals surface area contributed by atoms with Crippen molar-refractivity contribution in [1.29, 1.82) is 0 Å². The maximum Gasteiger partial charge on any atom is 0.335 e. The van der Waals surface area contributed by atoms with Crippen LogP contribution in [0, 0.1) is 6.92 Å². The van der Waals surface area contributed by atoms with Crippen LogP contribution in [0.3, 0.4) is 0 Å². The minimum Gasteiger partial charge on any atom is -0.478 e. The van der Waals surface area contributed by atoms with Crippen molar-refractivity contribution < 1.29 is 9.90 Å². The molecule has 1 fully saturated rings. The lowest BCUT2D eigenvalue weighted by Crippen LogP contribution is -2.47. The first-order chi connectivity index (χ1) is 10.9. The molecule has 4 nitrogen and oxygen atoms in total. The molecule has 0 spiro atoms. The van der Waals surface area contributed by atoms with Crippen LogP contribution in [-0.2, 0) is 4.79 Å². The number of hydrogen-bond donors (Lipinski definition) is 1. The summed E-state index contributed by atoms with van der Waals surface area (Å²) in [7, 11) is 0. The third-order valence-electron chi connectivity index (χ3n) is 4.40. The molecule has 2 aliphatic rings. The van der Waals surface area contributed by atoms with Gasteiger partial charge in [-0.1, -0.05) is 35.5 Å². The molecule has 1 aromatic carbocycles. The van der Waals surface area contributed by atoms with Crippen LogP contribution in [0.2, 0.25) is 5.02 Å². The normalized spacial score (nSPS) is 24.3. The van der Waals surface area contributed by atoms with Crippen LogP contribution < -0.4 is 0 Å². The number of aliphatic imine (C=N–C) groups is 1. The van der Waals surface area contributed by atoms with Crippen molar-refractivity contribution in [1.82, 2.24) is 4.90 Å². The predicted octanol–water partition coefficient (Wildman–Crippen LogP) is 4.25. The molecule has 0 bridgehead atoms. The first kappa shape index (κ1) is 16.4. The zero-order valence-corrected chi connectivity index (χ0v) is 14.9. The fourth-order valence-electron chi connectivity index (χ4n) is 3.16. The third kappa shape index (κ3) is 2.88. The molecule has 1 N–H and O–H groups in total. The Kier molecular flexibility index (Phi) is 4.43. The molecule has 23 heavy (non-hydrogen) atoms. The predicted molar refractivity (Wildman–Crippen MR) is 95.1 cm³/mol. The Balaban J connectivity index is 2.17. The average molecular weight is 351 g/mol. The summed E-state index contributed by atoms with van der Waals surface area (Å²) in [6.07, 6.45) is 1.01. The van der Waals surface area contributed by atoms with E-state index in [2.05, 4.69) is 16.8 Å². The van der Waals surface area contributed by atoms with Crippen LogP contribution in [0.5, 0.6) is 0 Å². The van der Waals surface area contributed by atoms with Crippen molar-refractivity contribution in [3.8, 4) is 0 Å². The van der Waals surface area contributed by atoms with E-state index in [1.165, 1.54) is 0 Å². The second kappa shape index (κ2) is 6.21. The topological polar surface area (TPSA) is 52.9 Å². The van der Waals surface area contributed by atoms with E-state index >= 15 is 0 Å². The van der Waals surface area contributed by atoms with Gasteiger partial charge in [0.05, 0.1) is 17.3 Å². The molecule has 122 valence electrons. The van der Waals surface area contributed by atoms with E-state index in [4.69, 9.17) is 11.6 Å². The Morgan fingerprint density at radius 1 is 1.43 bits per heavy atom. The fourth-order valence-corrected chi connectivity index (χ4v) is 4.55. The highest BCUT2D eigenvalue weighted by Gasteiger charge is 2.40. The Labute approximate surface area is 145 Å². The number of fused-ring (bicyclic) bond motifs is 1. The molecular weight excluding hydrogens is 332 g/mol. The van der Waals surface area contributed by atoms with Gasteiger partial charge in [0.1, 0.15) is 0 Å². The Morgan fingerprint density at radius 2 is 2.17 bits per heavy atom. The molecule has 2 heterocycles. The maximum absolute atomic E-state index is 11.9. The number of carboxylic acid groups (broad SMARTS) is 1. The SMILES string of the molecule is CC1=C(C(=O)O)C(c2ccc(Cl)c(C)c2)N2C(=N1)SCCC2C. The smallest absolute Gasteiger partial charge is 0.335 e. The standard InChI is InChI=1S/C17H19ClN2O2S/c1-9-8-12(4-5-13(9)18)15-14(16(21)22)11(3)19-17-20(15)10(2)6-7-23-17/h4-5,8,10,15H,6-7H2,1-3H3,(H,21,22). The molecule has 0 saturated carbocycles. The first-order valence-corrected chi connectivity index (χ1v) is 8.96. The number of aliphatic carboxylic acids is 1. The Morgan fingerprint density at radius 3 is 2.83 bits per heavy atom. The van der Waals surface area contributed by atoms with Gasteiger partial charge in [-0.15, -0.1) is 0 Å². The van der Waals surface area contributed by atoms with Gasteiger partial charge < -0.3 is 10.0 Å². The van der Waals surface area contributed by atoms with E-state index in [0.29, 0.717) is 16.3 Å². The Hall–Kier alpha value is -1.46. The number of rotatable bonds is 2. The summed E-state index contributed by atoms with van der Waals surface area (Å²) in [6.45, 7) is 5.85. The second-order valence-corrected chi connectivity index (χ2v) is 7.47. The number of amidine groups is 1. The summed E-state index contributed by atoms with van der Waals surface area (Å²) in [5.74, 6) is 0.101. The van der Waals surface area contributed by atoms with Crippen molar-refractivity contribution in [3.05, 3.63) is 45.6 Å². The number of halogens is 1. The van der Waals surface area contributed by atoms with Crippen LogP contribution in [0.15, 0.2) is 34.5 Å². The number of carbonyl (C=O) groups is 1. The summed E-state index contributed by atoms with van der Waals surface area (Å²) < 4.78 is 0. The number of benzene rings is 1. The van der Waals surface area contributed by atoms with E-state index in [-0.39, 0.29) is 12.1 Å². The van der Waals surface area contributed by atoms with E-state index in [9.17, 15) is 9.90 Å². The zero-order valence-electron chi connectivity index (χ0n) is 13.3. The summed E-state index contributed by atoms with van der Waals surface area (Å²) in [5.41, 5.74) is 2.84. The molecule has 2 aliphatic heterocycles. The van der Waals surface area contributed by atoms with Crippen LogP contribution in [0.25, 0.3) is 0 Å². The van der Waals surface area contributed by atoms with E-state index in [1.54, 1.807) is 18.7 Å². The monoisotopic (exact) mass is 350 g/mol. The Bertz CT molecular complexity index is 729. The number of allylic oxidation sites excluding steroid dienone is 1. The molecule has 0 radical (unpaired) electrons. The second-order valence-electron chi connectivity index (χ2n) is 6.00. The molecule has 3 rings (SSSR count). The number of hydrogen-bond acceptors (Lipinski definition) is 4. The van der Waals surface area contributed by atoms with Gasteiger partial charge in [0.25, 0.3) is 0 Å². The molecule has 0 aliphatic carbocycles. The van der Waals surface area contributed by atoms with Crippen LogP contribution in [0.1, 0.15) is 37.4 Å². The molecule has 6 heteroatoms. The van der Waals surface area contributed by atoms with Gasteiger partial charge in [0.2, 0.25) is 0 Å². The van der Waals surface area contributed by atoms with Crippen LogP contribution in [0.4, 0.5) is 0 Å². The van der Waals surface area contributed by atoms with Crippen molar-refractivity contribution in [2.75, 3.05) is 5.75 Å². The van der Waals surface area contributed by atoms with Gasteiger partial charge in [-0.25, -0.2) is 9.79 Å². The highest BCUT2D eigenvalue weighted by atomic mass is 35.5. The van der Waals surface area contributed by atoms with Crippen LogP contribution in [-0.4, -0.2) is 32.9 Å². The van der Waals surface area contributed by atoms with Gasteiger partial charge >= 0.3 is 5.97 Å². The van der Waals surface area contributed by atoms with Crippen molar-refractivity contribution in [3.63, 3.8) is 0 Å². The molecular formula is C17H19ClN2O2S. The highest BCUT2D eigenvalue weighted by molar-refractivity contribution is 8.13. The lowest BCUT2D eigenvalue weighted by Gasteiger charge is -2.44. The summed E-state index contributed by atoms with van der Waals surface area (Å²) in [4.78, 5) is 18.6. The van der Waals surface area contributed by atoms with Gasteiger partial charge in [0.15, 0.2) is 5.17 Å². The van der Waals surface area contributed by atoms with E-state index < -0.39 is 5.97 Å². The summed E-state index contributed by atoms with van der Waals surface area (Å²) in [6, 6.07) is 5.68.